The van der Waals surface area contributed by atoms with Crippen LogP contribution in [0.15, 0.2) is 0 Å². The normalized spacial score (nSPS) is 21.4. The minimum absolute atomic E-state index is 0.618. The molecule has 1 rings (SSSR count). The molecule has 1 heterocycles. The van der Waals surface area contributed by atoms with Gasteiger partial charge in [-0.2, -0.15) is 0 Å². The molecule has 0 spiro atoms. The Morgan fingerprint density at radius 2 is 2.18 bits per heavy atom. The first kappa shape index (κ1) is 14.9. The van der Waals surface area contributed by atoms with Crippen molar-refractivity contribution in [2.75, 3.05) is 39.9 Å². The van der Waals surface area contributed by atoms with Gasteiger partial charge in [0.2, 0.25) is 0 Å². The molecule has 17 heavy (non-hydrogen) atoms. The zero-order valence-electron chi connectivity index (χ0n) is 11.9. The zero-order valence-corrected chi connectivity index (χ0v) is 11.9. The van der Waals surface area contributed by atoms with Gasteiger partial charge in [-0.1, -0.05) is 13.8 Å². The van der Waals surface area contributed by atoms with Gasteiger partial charge in [-0.3, -0.25) is 0 Å². The monoisotopic (exact) mass is 242 g/mol. The molecule has 1 unspecified atom stereocenters. The van der Waals surface area contributed by atoms with Crippen molar-refractivity contribution in [2.45, 2.75) is 45.6 Å². The molecule has 3 heteroatoms. The molecule has 1 saturated heterocycles. The predicted molar refractivity (Wildman–Crippen MR) is 73.4 cm³/mol. The van der Waals surface area contributed by atoms with Gasteiger partial charge in [0.15, 0.2) is 0 Å². The summed E-state index contributed by atoms with van der Waals surface area (Å²) in [4.78, 5) is 2.47. The zero-order chi connectivity index (χ0) is 12.5. The summed E-state index contributed by atoms with van der Waals surface area (Å²) in [7, 11) is 2.24. The number of rotatable bonds is 8. The SMILES string of the molecule is CC(C)NCCCCN(C)CC1CCCOC1. The van der Waals surface area contributed by atoms with Gasteiger partial charge in [-0.05, 0) is 51.7 Å². The molecular formula is C14H30N2O. The summed E-state index contributed by atoms with van der Waals surface area (Å²) in [6, 6.07) is 0.618. The van der Waals surface area contributed by atoms with Crippen molar-refractivity contribution < 1.29 is 4.74 Å². The van der Waals surface area contributed by atoms with E-state index in [-0.39, 0.29) is 0 Å². The van der Waals surface area contributed by atoms with Crippen LogP contribution in [0.3, 0.4) is 0 Å². The Hall–Kier alpha value is -0.120. The molecule has 0 aromatic heterocycles. The van der Waals surface area contributed by atoms with E-state index < -0.39 is 0 Å². The van der Waals surface area contributed by atoms with Gasteiger partial charge in [0.25, 0.3) is 0 Å². The van der Waals surface area contributed by atoms with E-state index in [1.165, 1.54) is 38.8 Å². The van der Waals surface area contributed by atoms with Crippen LogP contribution in [0, 0.1) is 5.92 Å². The first-order valence-electron chi connectivity index (χ1n) is 7.18. The Morgan fingerprint density at radius 3 is 2.82 bits per heavy atom. The van der Waals surface area contributed by atoms with E-state index in [9.17, 15) is 0 Å². The molecule has 1 N–H and O–H groups in total. The van der Waals surface area contributed by atoms with E-state index >= 15 is 0 Å². The fourth-order valence-electron chi connectivity index (χ4n) is 2.38. The maximum atomic E-state index is 5.52. The van der Waals surface area contributed by atoms with E-state index in [0.29, 0.717) is 6.04 Å². The Bertz CT molecular complexity index is 179. The van der Waals surface area contributed by atoms with E-state index in [0.717, 1.165) is 25.7 Å². The molecule has 0 bridgehead atoms. The average molecular weight is 242 g/mol. The highest BCUT2D eigenvalue weighted by atomic mass is 16.5. The third-order valence-corrected chi connectivity index (χ3v) is 3.34. The van der Waals surface area contributed by atoms with Crippen LogP contribution in [0.1, 0.15) is 39.5 Å². The lowest BCUT2D eigenvalue weighted by Gasteiger charge is -2.27. The van der Waals surface area contributed by atoms with Gasteiger partial charge in [0.05, 0.1) is 6.61 Å². The standard InChI is InChI=1S/C14H30N2O/c1-13(2)15-8-4-5-9-16(3)11-14-7-6-10-17-12-14/h13-15H,4-12H2,1-3H3. The molecular weight excluding hydrogens is 212 g/mol. The van der Waals surface area contributed by atoms with Crippen molar-refractivity contribution >= 4 is 0 Å². The van der Waals surface area contributed by atoms with Crippen molar-refractivity contribution in [1.29, 1.82) is 0 Å². The van der Waals surface area contributed by atoms with Gasteiger partial charge in [-0.25, -0.2) is 0 Å². The molecule has 0 saturated carbocycles. The third kappa shape index (κ3) is 7.74. The molecule has 0 radical (unpaired) electrons. The Balaban J connectivity index is 1.95. The number of hydrogen-bond acceptors (Lipinski definition) is 3. The lowest BCUT2D eigenvalue weighted by atomic mass is 10.0. The maximum Gasteiger partial charge on any atom is 0.0506 e. The second-order valence-corrected chi connectivity index (χ2v) is 5.66. The molecule has 1 aliphatic heterocycles. The third-order valence-electron chi connectivity index (χ3n) is 3.34. The summed E-state index contributed by atoms with van der Waals surface area (Å²) in [6.45, 7) is 9.93. The quantitative estimate of drug-likeness (QED) is 0.660. The van der Waals surface area contributed by atoms with Crippen molar-refractivity contribution in [3.63, 3.8) is 0 Å². The van der Waals surface area contributed by atoms with Crippen LogP contribution < -0.4 is 5.32 Å². The van der Waals surface area contributed by atoms with Crippen LogP contribution in [-0.4, -0.2) is 50.8 Å². The molecule has 1 atom stereocenters. The fourth-order valence-corrected chi connectivity index (χ4v) is 2.38. The predicted octanol–water partition coefficient (Wildman–Crippen LogP) is 2.12. The van der Waals surface area contributed by atoms with Crippen LogP contribution >= 0.6 is 0 Å². The highest BCUT2D eigenvalue weighted by Crippen LogP contribution is 2.14. The molecule has 0 amide bonds. The minimum atomic E-state index is 0.618. The molecule has 3 nitrogen and oxygen atoms in total. The number of nitrogens with zero attached hydrogens (tertiary/aromatic N) is 1. The largest absolute Gasteiger partial charge is 0.381 e. The highest BCUT2D eigenvalue weighted by molar-refractivity contribution is 4.67. The van der Waals surface area contributed by atoms with E-state index in [2.05, 4.69) is 31.1 Å². The second kappa shape index (κ2) is 8.90. The topological polar surface area (TPSA) is 24.5 Å². The lowest BCUT2D eigenvalue weighted by molar-refractivity contribution is 0.0419. The Labute approximate surface area is 107 Å². The van der Waals surface area contributed by atoms with Crippen molar-refractivity contribution in [3.05, 3.63) is 0 Å². The smallest absolute Gasteiger partial charge is 0.0506 e. The second-order valence-electron chi connectivity index (χ2n) is 5.66. The first-order valence-corrected chi connectivity index (χ1v) is 7.18. The van der Waals surface area contributed by atoms with Gasteiger partial charge in [0.1, 0.15) is 0 Å². The lowest BCUT2D eigenvalue weighted by Crippen LogP contribution is -2.32. The van der Waals surface area contributed by atoms with E-state index in [1.807, 2.05) is 0 Å². The van der Waals surface area contributed by atoms with E-state index in [4.69, 9.17) is 4.74 Å². The Morgan fingerprint density at radius 1 is 1.35 bits per heavy atom. The summed E-state index contributed by atoms with van der Waals surface area (Å²) in [5.41, 5.74) is 0. The van der Waals surface area contributed by atoms with Crippen LogP contribution in [-0.2, 0) is 4.74 Å². The van der Waals surface area contributed by atoms with Crippen LogP contribution in [0.4, 0.5) is 0 Å². The van der Waals surface area contributed by atoms with Crippen LogP contribution in [0.2, 0.25) is 0 Å². The molecule has 1 aliphatic rings. The number of ether oxygens (including phenoxy) is 1. The number of hydrogen-bond donors (Lipinski definition) is 1. The number of nitrogens with one attached hydrogen (secondary N) is 1. The maximum absolute atomic E-state index is 5.52. The van der Waals surface area contributed by atoms with Crippen LogP contribution in [0.25, 0.3) is 0 Å². The highest BCUT2D eigenvalue weighted by Gasteiger charge is 2.15. The van der Waals surface area contributed by atoms with Gasteiger partial charge < -0.3 is 15.0 Å². The van der Waals surface area contributed by atoms with Crippen molar-refractivity contribution in [3.8, 4) is 0 Å². The molecule has 102 valence electrons. The van der Waals surface area contributed by atoms with Gasteiger partial charge in [-0.15, -0.1) is 0 Å². The summed E-state index contributed by atoms with van der Waals surface area (Å²) in [5, 5.41) is 3.46. The minimum Gasteiger partial charge on any atom is -0.381 e. The summed E-state index contributed by atoms with van der Waals surface area (Å²) < 4.78 is 5.52. The van der Waals surface area contributed by atoms with Gasteiger partial charge in [0, 0.05) is 19.2 Å². The summed E-state index contributed by atoms with van der Waals surface area (Å²) in [6.07, 6.45) is 5.17. The van der Waals surface area contributed by atoms with E-state index in [1.54, 1.807) is 0 Å². The van der Waals surface area contributed by atoms with Crippen LogP contribution in [0.5, 0.6) is 0 Å². The molecule has 0 aromatic rings. The summed E-state index contributed by atoms with van der Waals surface area (Å²) >= 11 is 0. The number of unbranched alkanes of at least 4 members (excludes halogenated alkanes) is 1. The van der Waals surface area contributed by atoms with Gasteiger partial charge >= 0.3 is 0 Å². The average Bonchev–Trinajstić information content (AvgIpc) is 2.29. The van der Waals surface area contributed by atoms with Crippen molar-refractivity contribution in [2.24, 2.45) is 5.92 Å². The molecule has 0 aliphatic carbocycles. The summed E-state index contributed by atoms with van der Waals surface area (Å²) in [5.74, 6) is 0.766. The fraction of sp³-hybridized carbons (Fsp3) is 1.00. The van der Waals surface area contributed by atoms with Crippen molar-refractivity contribution in [1.82, 2.24) is 10.2 Å². The molecule has 0 aromatic carbocycles. The first-order chi connectivity index (χ1) is 8.18. The molecule has 1 fully saturated rings. The Kier molecular flexibility index (Phi) is 7.82.